The van der Waals surface area contributed by atoms with Crippen LogP contribution in [0.25, 0.3) is 0 Å². The molecule has 72 valence electrons. The van der Waals surface area contributed by atoms with Crippen molar-refractivity contribution in [3.8, 4) is 0 Å². The number of nitrogens with zero attached hydrogens (tertiary/aromatic N) is 1. The van der Waals surface area contributed by atoms with Crippen LogP contribution in [0.15, 0.2) is 0 Å². The van der Waals surface area contributed by atoms with Crippen molar-refractivity contribution in [1.29, 1.82) is 0 Å². The van der Waals surface area contributed by atoms with Crippen molar-refractivity contribution in [2.75, 3.05) is 33.9 Å². The van der Waals surface area contributed by atoms with Gasteiger partial charge in [-0.25, -0.2) is 0 Å². The van der Waals surface area contributed by atoms with Crippen LogP contribution in [0.1, 0.15) is 12.8 Å². The molecule has 1 fully saturated rings. The lowest BCUT2D eigenvalue weighted by atomic mass is 10.3. The fraction of sp³-hybridized carbons (Fsp3) is 1.00. The third kappa shape index (κ3) is 4.29. The van der Waals surface area contributed by atoms with Crippen molar-refractivity contribution in [3.63, 3.8) is 0 Å². The first-order chi connectivity index (χ1) is 5.72. The fourth-order valence-corrected chi connectivity index (χ4v) is 1.75. The minimum Gasteiger partial charge on any atom is -0.383 e. The molecule has 0 heterocycles. The van der Waals surface area contributed by atoms with Gasteiger partial charge in [0.05, 0.1) is 12.0 Å². The van der Waals surface area contributed by atoms with E-state index < -0.39 is 0 Å². The third-order valence-corrected chi connectivity index (χ3v) is 2.39. The molecule has 0 amide bonds. The zero-order valence-corrected chi connectivity index (χ0v) is 8.68. The molecule has 0 spiro atoms. The molecule has 1 aliphatic carbocycles. The molecule has 0 N–H and O–H groups in total. The fourth-order valence-electron chi connectivity index (χ4n) is 1.39. The van der Waals surface area contributed by atoms with Gasteiger partial charge >= 0.3 is 0 Å². The number of rotatable bonds is 6. The van der Waals surface area contributed by atoms with E-state index in [0.29, 0.717) is 6.61 Å². The van der Waals surface area contributed by atoms with Crippen molar-refractivity contribution in [3.05, 3.63) is 0 Å². The third-order valence-electron chi connectivity index (χ3n) is 2.12. The predicted molar refractivity (Wildman–Crippen MR) is 51.7 cm³/mol. The molecular formula is C9H18ClNO. The Hall–Kier alpha value is 0.210. The molecule has 2 nitrogen and oxygen atoms in total. The summed E-state index contributed by atoms with van der Waals surface area (Å²) in [5, 5.41) is 0.138. The first-order valence-electron chi connectivity index (χ1n) is 4.54. The van der Waals surface area contributed by atoms with Crippen molar-refractivity contribution >= 4 is 11.6 Å². The summed E-state index contributed by atoms with van der Waals surface area (Å²) in [5.41, 5.74) is 0. The zero-order valence-electron chi connectivity index (χ0n) is 7.92. The highest BCUT2D eigenvalue weighted by atomic mass is 35.5. The first-order valence-corrected chi connectivity index (χ1v) is 4.97. The first kappa shape index (κ1) is 10.3. The Bertz CT molecular complexity index is 128. The standard InChI is InChI=1S/C9H18ClNO/c1-11(5-8-3-4-8)6-9(10)7-12-2/h8-9H,3-7H2,1-2H3. The summed E-state index contributed by atoms with van der Waals surface area (Å²) < 4.78 is 4.97. The van der Waals surface area contributed by atoms with Crippen LogP contribution in [0, 0.1) is 5.92 Å². The Labute approximate surface area is 79.8 Å². The summed E-state index contributed by atoms with van der Waals surface area (Å²) >= 11 is 6.01. The molecule has 12 heavy (non-hydrogen) atoms. The quantitative estimate of drug-likeness (QED) is 0.592. The average Bonchev–Trinajstić information content (AvgIpc) is 2.71. The molecule has 0 aromatic rings. The van der Waals surface area contributed by atoms with E-state index in [1.807, 2.05) is 0 Å². The van der Waals surface area contributed by atoms with Crippen molar-refractivity contribution in [1.82, 2.24) is 4.90 Å². The van der Waals surface area contributed by atoms with E-state index in [9.17, 15) is 0 Å². The number of hydrogen-bond donors (Lipinski definition) is 0. The highest BCUT2D eigenvalue weighted by Gasteiger charge is 2.23. The van der Waals surface area contributed by atoms with Gasteiger partial charge < -0.3 is 9.64 Å². The van der Waals surface area contributed by atoms with Crippen molar-refractivity contribution in [2.24, 2.45) is 5.92 Å². The molecule has 1 unspecified atom stereocenters. The Morgan fingerprint density at radius 3 is 2.75 bits per heavy atom. The van der Waals surface area contributed by atoms with Gasteiger partial charge in [-0.3, -0.25) is 0 Å². The van der Waals surface area contributed by atoms with E-state index in [2.05, 4.69) is 11.9 Å². The second-order valence-corrected chi connectivity index (χ2v) is 4.33. The van der Waals surface area contributed by atoms with Gasteiger partial charge in [-0.1, -0.05) is 0 Å². The SMILES string of the molecule is COCC(Cl)CN(C)CC1CC1. The number of hydrogen-bond acceptors (Lipinski definition) is 2. The van der Waals surface area contributed by atoms with Gasteiger partial charge in [-0.2, -0.15) is 0 Å². The van der Waals surface area contributed by atoms with Crippen LogP contribution in [0.3, 0.4) is 0 Å². The molecule has 1 rings (SSSR count). The lowest BCUT2D eigenvalue weighted by Gasteiger charge is -2.19. The second kappa shape index (κ2) is 5.05. The number of alkyl halides is 1. The van der Waals surface area contributed by atoms with Crippen LogP contribution < -0.4 is 0 Å². The van der Waals surface area contributed by atoms with Crippen LogP contribution in [0.4, 0.5) is 0 Å². The zero-order chi connectivity index (χ0) is 8.97. The molecule has 0 saturated heterocycles. The van der Waals surface area contributed by atoms with Crippen LogP contribution in [0.2, 0.25) is 0 Å². The number of halogens is 1. The Morgan fingerprint density at radius 2 is 2.25 bits per heavy atom. The van der Waals surface area contributed by atoms with E-state index >= 15 is 0 Å². The lowest BCUT2D eigenvalue weighted by molar-refractivity contribution is 0.181. The highest BCUT2D eigenvalue weighted by molar-refractivity contribution is 6.20. The Kier molecular flexibility index (Phi) is 4.33. The number of methoxy groups -OCH3 is 1. The van der Waals surface area contributed by atoms with Crippen LogP contribution in [-0.2, 0) is 4.74 Å². The molecule has 1 saturated carbocycles. The van der Waals surface area contributed by atoms with Gasteiger partial charge in [0.1, 0.15) is 0 Å². The molecule has 0 aromatic heterocycles. The molecule has 1 atom stereocenters. The summed E-state index contributed by atoms with van der Waals surface area (Å²) in [6.07, 6.45) is 2.81. The van der Waals surface area contributed by atoms with Gasteiger partial charge in [0.2, 0.25) is 0 Å². The summed E-state index contributed by atoms with van der Waals surface area (Å²) in [4.78, 5) is 2.30. The molecule has 1 aliphatic rings. The maximum Gasteiger partial charge on any atom is 0.0696 e. The van der Waals surface area contributed by atoms with E-state index in [0.717, 1.165) is 12.5 Å². The molecule has 0 radical (unpaired) electrons. The van der Waals surface area contributed by atoms with E-state index in [4.69, 9.17) is 16.3 Å². The van der Waals surface area contributed by atoms with Gasteiger partial charge in [0, 0.05) is 20.2 Å². The largest absolute Gasteiger partial charge is 0.383 e. The smallest absolute Gasteiger partial charge is 0.0696 e. The molecule has 3 heteroatoms. The minimum atomic E-state index is 0.138. The van der Waals surface area contributed by atoms with Crippen LogP contribution >= 0.6 is 11.6 Å². The van der Waals surface area contributed by atoms with Crippen molar-refractivity contribution < 1.29 is 4.74 Å². The molecule has 0 aliphatic heterocycles. The molecule has 0 bridgehead atoms. The van der Waals surface area contributed by atoms with E-state index in [1.54, 1.807) is 7.11 Å². The maximum atomic E-state index is 6.01. The summed E-state index contributed by atoms with van der Waals surface area (Å²) in [5.74, 6) is 0.946. The monoisotopic (exact) mass is 191 g/mol. The average molecular weight is 192 g/mol. The summed E-state index contributed by atoms with van der Waals surface area (Å²) in [6, 6.07) is 0. The minimum absolute atomic E-state index is 0.138. The van der Waals surface area contributed by atoms with Crippen LogP contribution in [-0.4, -0.2) is 44.1 Å². The topological polar surface area (TPSA) is 12.5 Å². The van der Waals surface area contributed by atoms with Gasteiger partial charge in [0.15, 0.2) is 0 Å². The number of ether oxygens (including phenoxy) is 1. The Balaban J connectivity index is 2.02. The summed E-state index contributed by atoms with van der Waals surface area (Å²) in [6.45, 7) is 2.79. The van der Waals surface area contributed by atoms with Gasteiger partial charge in [0.25, 0.3) is 0 Å². The predicted octanol–water partition coefficient (Wildman–Crippen LogP) is 1.58. The summed E-state index contributed by atoms with van der Waals surface area (Å²) in [7, 11) is 3.82. The van der Waals surface area contributed by atoms with Gasteiger partial charge in [-0.15, -0.1) is 11.6 Å². The van der Waals surface area contributed by atoms with Crippen LogP contribution in [0.5, 0.6) is 0 Å². The van der Waals surface area contributed by atoms with E-state index in [1.165, 1.54) is 19.4 Å². The Morgan fingerprint density at radius 1 is 1.58 bits per heavy atom. The molecular weight excluding hydrogens is 174 g/mol. The van der Waals surface area contributed by atoms with E-state index in [-0.39, 0.29) is 5.38 Å². The van der Waals surface area contributed by atoms with Gasteiger partial charge in [-0.05, 0) is 25.8 Å². The second-order valence-electron chi connectivity index (χ2n) is 3.72. The highest BCUT2D eigenvalue weighted by Crippen LogP contribution is 2.29. The van der Waals surface area contributed by atoms with Crippen molar-refractivity contribution in [2.45, 2.75) is 18.2 Å². The maximum absolute atomic E-state index is 6.01. The molecule has 0 aromatic carbocycles. The normalized spacial score (nSPS) is 20.0. The lowest BCUT2D eigenvalue weighted by Crippen LogP contribution is -2.30.